The summed E-state index contributed by atoms with van der Waals surface area (Å²) in [7, 11) is -3.72. The van der Waals surface area contributed by atoms with Gasteiger partial charge in [-0.1, -0.05) is 24.3 Å². The molecule has 1 N–H and O–H groups in total. The summed E-state index contributed by atoms with van der Waals surface area (Å²) in [4.78, 5) is 14.6. The molecule has 2 aliphatic rings. The number of nitrogens with zero attached hydrogens (tertiary/aromatic N) is 1. The van der Waals surface area contributed by atoms with E-state index in [4.69, 9.17) is 9.47 Å². The zero-order chi connectivity index (χ0) is 21.1. The standard InChI is InChI=1S/C22H26N2O5S/c1-16-7-3-4-8-17(16)14-23-30(26,27)18-9-10-19-20(13-18)28-15-21(29-19)22(25)24-11-5-2-6-12-24/h3-4,7-10,13,21,23H,2,5-6,11-12,14-15H2,1H3/t21-/m0/s1. The third-order valence-corrected chi connectivity index (χ3v) is 6.94. The fourth-order valence-corrected chi connectivity index (χ4v) is 4.74. The highest BCUT2D eigenvalue weighted by atomic mass is 32.2. The number of rotatable bonds is 5. The van der Waals surface area contributed by atoms with Crippen LogP contribution >= 0.6 is 0 Å². The van der Waals surface area contributed by atoms with E-state index in [2.05, 4.69) is 4.72 Å². The molecule has 8 heteroatoms. The Balaban J connectivity index is 1.44. The Morgan fingerprint density at radius 1 is 1.10 bits per heavy atom. The van der Waals surface area contributed by atoms with E-state index in [0.717, 1.165) is 43.5 Å². The molecule has 1 fully saturated rings. The number of benzene rings is 2. The molecule has 160 valence electrons. The number of ether oxygens (including phenoxy) is 2. The van der Waals surface area contributed by atoms with Crippen molar-refractivity contribution in [3.05, 3.63) is 53.6 Å². The third-order valence-electron chi connectivity index (χ3n) is 5.54. The van der Waals surface area contributed by atoms with Gasteiger partial charge in [-0.3, -0.25) is 4.79 Å². The lowest BCUT2D eigenvalue weighted by atomic mass is 10.1. The van der Waals surface area contributed by atoms with Crippen LogP contribution in [0.2, 0.25) is 0 Å². The number of piperidine rings is 1. The van der Waals surface area contributed by atoms with Crippen molar-refractivity contribution in [1.29, 1.82) is 0 Å². The molecule has 2 aromatic rings. The molecule has 7 nitrogen and oxygen atoms in total. The normalized spacial score (nSPS) is 18.8. The van der Waals surface area contributed by atoms with E-state index >= 15 is 0 Å². The van der Waals surface area contributed by atoms with Crippen molar-refractivity contribution < 1.29 is 22.7 Å². The summed E-state index contributed by atoms with van der Waals surface area (Å²) < 4.78 is 39.6. The van der Waals surface area contributed by atoms with Crippen LogP contribution in [-0.4, -0.2) is 45.0 Å². The summed E-state index contributed by atoms with van der Waals surface area (Å²) in [6.45, 7) is 3.71. The highest BCUT2D eigenvalue weighted by molar-refractivity contribution is 7.89. The molecule has 0 bridgehead atoms. The smallest absolute Gasteiger partial charge is 0.267 e. The van der Waals surface area contributed by atoms with Crippen LogP contribution in [0.25, 0.3) is 0 Å². The summed E-state index contributed by atoms with van der Waals surface area (Å²) >= 11 is 0. The van der Waals surface area contributed by atoms with Crippen molar-refractivity contribution in [2.45, 2.75) is 43.7 Å². The van der Waals surface area contributed by atoms with Crippen molar-refractivity contribution >= 4 is 15.9 Å². The van der Waals surface area contributed by atoms with Gasteiger partial charge in [-0.25, -0.2) is 13.1 Å². The molecule has 2 aliphatic heterocycles. The van der Waals surface area contributed by atoms with Crippen molar-refractivity contribution in [2.75, 3.05) is 19.7 Å². The van der Waals surface area contributed by atoms with Gasteiger partial charge in [0.15, 0.2) is 11.5 Å². The van der Waals surface area contributed by atoms with Crippen molar-refractivity contribution in [1.82, 2.24) is 9.62 Å². The molecule has 4 rings (SSSR count). The molecule has 30 heavy (non-hydrogen) atoms. The van der Waals surface area contributed by atoms with Crippen LogP contribution in [0, 0.1) is 6.92 Å². The molecule has 0 radical (unpaired) electrons. The van der Waals surface area contributed by atoms with E-state index < -0.39 is 16.1 Å². The van der Waals surface area contributed by atoms with Crippen LogP contribution in [0.15, 0.2) is 47.4 Å². The van der Waals surface area contributed by atoms with Crippen LogP contribution in [-0.2, 0) is 21.4 Å². The van der Waals surface area contributed by atoms with E-state index in [9.17, 15) is 13.2 Å². The minimum Gasteiger partial charge on any atom is -0.485 e. The fourth-order valence-electron chi connectivity index (χ4n) is 3.72. The summed E-state index contributed by atoms with van der Waals surface area (Å²) in [5.41, 5.74) is 1.93. The Kier molecular flexibility index (Phi) is 5.97. The minimum atomic E-state index is -3.72. The number of carbonyl (C=O) groups is 1. The third kappa shape index (κ3) is 4.44. The second kappa shape index (κ2) is 8.65. The number of sulfonamides is 1. The predicted molar refractivity (Wildman–Crippen MR) is 112 cm³/mol. The first-order valence-electron chi connectivity index (χ1n) is 10.2. The Bertz CT molecular complexity index is 1030. The molecular weight excluding hydrogens is 404 g/mol. The number of fused-ring (bicyclic) bond motifs is 1. The van der Waals surface area contributed by atoms with Gasteiger partial charge in [-0.05, 0) is 49.4 Å². The lowest BCUT2D eigenvalue weighted by molar-refractivity contribution is -0.142. The summed E-state index contributed by atoms with van der Waals surface area (Å²) in [5.74, 6) is 0.642. The molecule has 1 atom stereocenters. The summed E-state index contributed by atoms with van der Waals surface area (Å²) in [6, 6.07) is 12.1. The SMILES string of the molecule is Cc1ccccc1CNS(=O)(=O)c1ccc2c(c1)OC[C@@H](C(=O)N1CCCCC1)O2. The number of carbonyl (C=O) groups excluding carboxylic acids is 1. The quantitative estimate of drug-likeness (QED) is 0.788. The minimum absolute atomic E-state index is 0.0719. The van der Waals surface area contributed by atoms with E-state index in [0.29, 0.717) is 11.5 Å². The van der Waals surface area contributed by atoms with Gasteiger partial charge in [0, 0.05) is 25.7 Å². The first-order chi connectivity index (χ1) is 14.4. The number of nitrogens with one attached hydrogen (secondary N) is 1. The van der Waals surface area contributed by atoms with E-state index in [-0.39, 0.29) is 24.0 Å². The Morgan fingerprint density at radius 2 is 1.87 bits per heavy atom. The van der Waals surface area contributed by atoms with Gasteiger partial charge < -0.3 is 14.4 Å². The van der Waals surface area contributed by atoms with Gasteiger partial charge in [0.05, 0.1) is 4.90 Å². The average Bonchev–Trinajstić information content (AvgIpc) is 2.78. The zero-order valence-corrected chi connectivity index (χ0v) is 17.8. The van der Waals surface area contributed by atoms with Crippen LogP contribution in [0.1, 0.15) is 30.4 Å². The van der Waals surface area contributed by atoms with E-state index in [1.54, 1.807) is 6.07 Å². The molecule has 0 unspecified atom stereocenters. The second-order valence-electron chi connectivity index (χ2n) is 7.66. The first kappa shape index (κ1) is 20.7. The first-order valence-corrected chi connectivity index (χ1v) is 11.7. The molecule has 0 saturated carbocycles. The van der Waals surface area contributed by atoms with Gasteiger partial charge in [0.1, 0.15) is 6.61 Å². The largest absolute Gasteiger partial charge is 0.485 e. The Labute approximate surface area is 177 Å². The van der Waals surface area contributed by atoms with Crippen LogP contribution in [0.4, 0.5) is 0 Å². The number of aryl methyl sites for hydroxylation is 1. The highest BCUT2D eigenvalue weighted by Gasteiger charge is 2.32. The van der Waals surface area contributed by atoms with Gasteiger partial charge in [-0.2, -0.15) is 0 Å². The van der Waals surface area contributed by atoms with Crippen LogP contribution < -0.4 is 14.2 Å². The fraction of sp³-hybridized carbons (Fsp3) is 0.409. The Hall–Kier alpha value is -2.58. The van der Waals surface area contributed by atoms with Crippen molar-refractivity contribution in [2.24, 2.45) is 0 Å². The highest BCUT2D eigenvalue weighted by Crippen LogP contribution is 2.34. The van der Waals surface area contributed by atoms with E-state index in [1.807, 2.05) is 36.1 Å². The molecular formula is C22H26N2O5S. The van der Waals surface area contributed by atoms with E-state index in [1.165, 1.54) is 12.1 Å². The Morgan fingerprint density at radius 3 is 2.63 bits per heavy atom. The zero-order valence-electron chi connectivity index (χ0n) is 17.0. The second-order valence-corrected chi connectivity index (χ2v) is 9.43. The number of hydrogen-bond acceptors (Lipinski definition) is 5. The maximum atomic E-state index is 12.7. The molecule has 0 aromatic heterocycles. The molecule has 0 spiro atoms. The number of likely N-dealkylation sites (tertiary alicyclic amines) is 1. The van der Waals surface area contributed by atoms with Crippen molar-refractivity contribution in [3.63, 3.8) is 0 Å². The lowest BCUT2D eigenvalue weighted by Gasteiger charge is -2.32. The molecule has 1 saturated heterocycles. The topological polar surface area (TPSA) is 84.9 Å². The number of hydrogen-bond donors (Lipinski definition) is 1. The monoisotopic (exact) mass is 430 g/mol. The van der Waals surface area contributed by atoms with Gasteiger partial charge in [-0.15, -0.1) is 0 Å². The number of amides is 1. The van der Waals surface area contributed by atoms with Gasteiger partial charge >= 0.3 is 0 Å². The maximum absolute atomic E-state index is 12.7. The maximum Gasteiger partial charge on any atom is 0.267 e. The lowest BCUT2D eigenvalue weighted by Crippen LogP contribution is -2.48. The van der Waals surface area contributed by atoms with Gasteiger partial charge in [0.25, 0.3) is 5.91 Å². The molecule has 2 heterocycles. The van der Waals surface area contributed by atoms with Crippen molar-refractivity contribution in [3.8, 4) is 11.5 Å². The average molecular weight is 431 g/mol. The summed E-state index contributed by atoms with van der Waals surface area (Å²) in [5, 5.41) is 0. The molecule has 2 aromatic carbocycles. The molecule has 0 aliphatic carbocycles. The predicted octanol–water partition coefficient (Wildman–Crippen LogP) is 2.63. The van der Waals surface area contributed by atoms with Crippen LogP contribution in [0.5, 0.6) is 11.5 Å². The van der Waals surface area contributed by atoms with Gasteiger partial charge in [0.2, 0.25) is 16.1 Å². The molecule has 1 amide bonds. The summed E-state index contributed by atoms with van der Waals surface area (Å²) in [6.07, 6.45) is 2.46. The van der Waals surface area contributed by atoms with Crippen LogP contribution in [0.3, 0.4) is 0 Å².